The van der Waals surface area contributed by atoms with E-state index in [1.54, 1.807) is 11.3 Å². The molecule has 5 nitrogen and oxygen atoms in total. The second-order valence-electron chi connectivity index (χ2n) is 4.77. The Labute approximate surface area is 116 Å². The fourth-order valence-electron chi connectivity index (χ4n) is 2.23. The number of rotatable bonds is 5. The second-order valence-corrected chi connectivity index (χ2v) is 5.80. The normalized spacial score (nSPS) is 20.1. The zero-order chi connectivity index (χ0) is 13.7. The maximum atomic E-state index is 11.7. The Morgan fingerprint density at radius 3 is 3.05 bits per heavy atom. The van der Waals surface area contributed by atoms with Crippen molar-refractivity contribution in [2.75, 3.05) is 19.8 Å². The molecular weight excluding hydrogens is 264 g/mol. The van der Waals surface area contributed by atoms with Crippen LogP contribution in [0.1, 0.15) is 17.7 Å². The van der Waals surface area contributed by atoms with Gasteiger partial charge < -0.3 is 10.4 Å². The number of hydrogen-bond acceptors (Lipinski definition) is 4. The van der Waals surface area contributed by atoms with Crippen molar-refractivity contribution in [2.45, 2.75) is 19.3 Å². The van der Waals surface area contributed by atoms with E-state index in [9.17, 15) is 9.59 Å². The number of thiophene rings is 1. The summed E-state index contributed by atoms with van der Waals surface area (Å²) in [6.07, 6.45) is 2.00. The highest BCUT2D eigenvalue weighted by Gasteiger charge is 2.25. The average molecular weight is 282 g/mol. The molecule has 1 aromatic heterocycles. The Kier molecular flexibility index (Phi) is 4.93. The van der Waals surface area contributed by atoms with Crippen LogP contribution in [0.4, 0.5) is 0 Å². The van der Waals surface area contributed by atoms with Crippen LogP contribution >= 0.6 is 11.3 Å². The molecule has 1 fully saturated rings. The number of piperidine rings is 1. The van der Waals surface area contributed by atoms with Crippen molar-refractivity contribution < 1.29 is 14.7 Å². The van der Waals surface area contributed by atoms with Crippen molar-refractivity contribution in [1.82, 2.24) is 10.2 Å². The number of hydrogen-bond donors (Lipinski definition) is 2. The maximum Gasteiger partial charge on any atom is 0.307 e. The van der Waals surface area contributed by atoms with E-state index < -0.39 is 5.97 Å². The summed E-state index contributed by atoms with van der Waals surface area (Å²) in [6.45, 7) is 1.81. The largest absolute Gasteiger partial charge is 0.481 e. The zero-order valence-corrected chi connectivity index (χ0v) is 11.5. The first-order chi connectivity index (χ1) is 9.15. The van der Waals surface area contributed by atoms with Gasteiger partial charge in [0.1, 0.15) is 0 Å². The van der Waals surface area contributed by atoms with Crippen LogP contribution < -0.4 is 5.32 Å². The number of carboxylic acids is 1. The van der Waals surface area contributed by atoms with Crippen molar-refractivity contribution in [3.8, 4) is 0 Å². The predicted octanol–water partition coefficient (Wildman–Crippen LogP) is 1.16. The maximum absolute atomic E-state index is 11.7. The topological polar surface area (TPSA) is 69.6 Å². The van der Waals surface area contributed by atoms with E-state index in [0.29, 0.717) is 19.6 Å². The Hall–Kier alpha value is -1.40. The molecule has 6 heteroatoms. The second kappa shape index (κ2) is 6.68. The van der Waals surface area contributed by atoms with Crippen LogP contribution in [0.15, 0.2) is 17.5 Å². The van der Waals surface area contributed by atoms with Gasteiger partial charge in [-0.05, 0) is 30.8 Å². The van der Waals surface area contributed by atoms with Crippen LogP contribution in [0.3, 0.4) is 0 Å². The van der Waals surface area contributed by atoms with Gasteiger partial charge in [0.2, 0.25) is 5.91 Å². The fraction of sp³-hybridized carbons (Fsp3) is 0.538. The predicted molar refractivity (Wildman–Crippen MR) is 73.0 cm³/mol. The smallest absolute Gasteiger partial charge is 0.307 e. The summed E-state index contributed by atoms with van der Waals surface area (Å²) in [5, 5.41) is 13.8. The molecule has 2 heterocycles. The number of likely N-dealkylation sites (tertiary alicyclic amines) is 1. The number of aliphatic carboxylic acids is 1. The standard InChI is InChI=1S/C13H18N2O3S/c16-12(7-11-4-2-6-19-11)14-9-15-5-1-3-10(8-15)13(17)18/h2,4,6,10H,1,3,5,7-9H2,(H,14,16)(H,17,18). The molecule has 104 valence electrons. The van der Waals surface area contributed by atoms with Gasteiger partial charge in [-0.2, -0.15) is 0 Å². The van der Waals surface area contributed by atoms with E-state index in [1.165, 1.54) is 0 Å². The molecule has 2 rings (SSSR count). The highest BCUT2D eigenvalue weighted by molar-refractivity contribution is 7.10. The van der Waals surface area contributed by atoms with Crippen LogP contribution in [-0.2, 0) is 16.0 Å². The molecular formula is C13H18N2O3S. The lowest BCUT2D eigenvalue weighted by Gasteiger charge is -2.30. The number of carbonyl (C=O) groups is 2. The van der Waals surface area contributed by atoms with E-state index in [2.05, 4.69) is 5.32 Å². The minimum Gasteiger partial charge on any atom is -0.481 e. The first kappa shape index (κ1) is 14.0. The van der Waals surface area contributed by atoms with Crippen molar-refractivity contribution in [1.29, 1.82) is 0 Å². The number of nitrogens with zero attached hydrogens (tertiary/aromatic N) is 1. The summed E-state index contributed by atoms with van der Waals surface area (Å²) in [5.74, 6) is -1.06. The van der Waals surface area contributed by atoms with Crippen molar-refractivity contribution in [2.24, 2.45) is 5.92 Å². The summed E-state index contributed by atoms with van der Waals surface area (Å²) in [7, 11) is 0. The van der Waals surface area contributed by atoms with Gasteiger partial charge in [0.25, 0.3) is 0 Å². The van der Waals surface area contributed by atoms with Crippen LogP contribution in [0.5, 0.6) is 0 Å². The molecule has 0 bridgehead atoms. The monoisotopic (exact) mass is 282 g/mol. The lowest BCUT2D eigenvalue weighted by atomic mass is 9.99. The van der Waals surface area contributed by atoms with Gasteiger partial charge in [-0.15, -0.1) is 11.3 Å². The first-order valence-electron chi connectivity index (χ1n) is 6.39. The number of carbonyl (C=O) groups excluding carboxylic acids is 1. The van der Waals surface area contributed by atoms with Crippen LogP contribution in [0.2, 0.25) is 0 Å². The molecule has 0 saturated carbocycles. The molecule has 2 N–H and O–H groups in total. The molecule has 0 spiro atoms. The van der Waals surface area contributed by atoms with Crippen LogP contribution in [-0.4, -0.2) is 41.6 Å². The summed E-state index contributed by atoms with van der Waals surface area (Å²) < 4.78 is 0. The van der Waals surface area contributed by atoms with Gasteiger partial charge in [-0.3, -0.25) is 14.5 Å². The molecule has 1 aliphatic rings. The minimum atomic E-state index is -0.741. The zero-order valence-electron chi connectivity index (χ0n) is 10.7. The van der Waals surface area contributed by atoms with Crippen molar-refractivity contribution >= 4 is 23.2 Å². The molecule has 0 aromatic carbocycles. The Morgan fingerprint density at radius 2 is 2.37 bits per heavy atom. The molecule has 0 radical (unpaired) electrons. The molecule has 1 atom stereocenters. The van der Waals surface area contributed by atoms with Gasteiger partial charge in [0.15, 0.2) is 0 Å². The number of amides is 1. The summed E-state index contributed by atoms with van der Waals surface area (Å²) >= 11 is 1.56. The van der Waals surface area contributed by atoms with Gasteiger partial charge in [-0.1, -0.05) is 6.07 Å². The SMILES string of the molecule is O=C(Cc1cccs1)NCN1CCCC(C(=O)O)C1. The highest BCUT2D eigenvalue weighted by Crippen LogP contribution is 2.15. The third kappa shape index (κ3) is 4.33. The summed E-state index contributed by atoms with van der Waals surface area (Å²) in [6, 6.07) is 3.86. The van der Waals surface area contributed by atoms with E-state index in [1.807, 2.05) is 22.4 Å². The summed E-state index contributed by atoms with van der Waals surface area (Å²) in [4.78, 5) is 25.7. The Balaban J connectivity index is 1.72. The van der Waals surface area contributed by atoms with Crippen LogP contribution in [0, 0.1) is 5.92 Å². The van der Waals surface area contributed by atoms with Gasteiger partial charge in [0.05, 0.1) is 19.0 Å². The lowest BCUT2D eigenvalue weighted by molar-refractivity contribution is -0.143. The molecule has 0 aliphatic carbocycles. The van der Waals surface area contributed by atoms with Crippen molar-refractivity contribution in [3.05, 3.63) is 22.4 Å². The Morgan fingerprint density at radius 1 is 1.53 bits per heavy atom. The third-order valence-electron chi connectivity index (χ3n) is 3.27. The van der Waals surface area contributed by atoms with Crippen molar-refractivity contribution in [3.63, 3.8) is 0 Å². The minimum absolute atomic E-state index is 0.0140. The van der Waals surface area contributed by atoms with Gasteiger partial charge in [-0.25, -0.2) is 0 Å². The highest BCUT2D eigenvalue weighted by atomic mass is 32.1. The lowest BCUT2D eigenvalue weighted by Crippen LogP contribution is -2.45. The molecule has 1 saturated heterocycles. The molecule has 19 heavy (non-hydrogen) atoms. The quantitative estimate of drug-likeness (QED) is 0.850. The number of nitrogens with one attached hydrogen (secondary N) is 1. The van der Waals surface area contributed by atoms with Gasteiger partial charge >= 0.3 is 5.97 Å². The molecule has 1 unspecified atom stereocenters. The van der Waals surface area contributed by atoms with E-state index in [-0.39, 0.29) is 11.8 Å². The average Bonchev–Trinajstić information content (AvgIpc) is 2.89. The van der Waals surface area contributed by atoms with E-state index in [0.717, 1.165) is 24.3 Å². The summed E-state index contributed by atoms with van der Waals surface area (Å²) in [5.41, 5.74) is 0. The van der Waals surface area contributed by atoms with E-state index >= 15 is 0 Å². The fourth-order valence-corrected chi connectivity index (χ4v) is 2.94. The third-order valence-corrected chi connectivity index (χ3v) is 4.15. The Bertz CT molecular complexity index is 433. The number of carboxylic acid groups (broad SMARTS) is 1. The van der Waals surface area contributed by atoms with Gasteiger partial charge in [0, 0.05) is 11.4 Å². The molecule has 1 aliphatic heterocycles. The molecule has 1 aromatic rings. The molecule has 1 amide bonds. The first-order valence-corrected chi connectivity index (χ1v) is 7.27. The van der Waals surface area contributed by atoms with E-state index in [4.69, 9.17) is 5.11 Å². The van der Waals surface area contributed by atoms with Crippen LogP contribution in [0.25, 0.3) is 0 Å².